The first-order chi connectivity index (χ1) is 17.9. The average Bonchev–Trinajstić information content (AvgIpc) is 3.42. The summed E-state index contributed by atoms with van der Waals surface area (Å²) in [5.41, 5.74) is -0.187. The molecule has 37 heavy (non-hydrogen) atoms. The van der Waals surface area contributed by atoms with Crippen LogP contribution in [0.1, 0.15) is 23.1 Å². The number of nitrogens with zero attached hydrogens (tertiary/aromatic N) is 4. The van der Waals surface area contributed by atoms with E-state index in [0.29, 0.717) is 11.5 Å². The fourth-order valence-electron chi connectivity index (χ4n) is 8.31. The van der Waals surface area contributed by atoms with Crippen molar-refractivity contribution in [2.24, 2.45) is 0 Å². The minimum Gasteiger partial charge on any atom is -0.493 e. The molecule has 190 valence electrons. The average molecular weight is 501 g/mol. The molecule has 3 aromatic rings. The van der Waals surface area contributed by atoms with Crippen molar-refractivity contribution in [3.8, 4) is 11.5 Å². The summed E-state index contributed by atoms with van der Waals surface area (Å²) in [6, 6.07) is 13.7. The maximum atomic E-state index is 14.4. The zero-order valence-corrected chi connectivity index (χ0v) is 21.0. The van der Waals surface area contributed by atoms with Gasteiger partial charge in [-0.25, -0.2) is 18.8 Å². The smallest absolute Gasteiger partial charge is 0.350 e. The molecule has 5 atom stereocenters. The molecule has 5 unspecified atom stereocenters. The number of aromatic nitrogens is 3. The second kappa shape index (κ2) is 6.65. The normalized spacial score (nSPS) is 33.7. The molecule has 1 aromatic heterocycles. The van der Waals surface area contributed by atoms with Crippen LogP contribution >= 0.6 is 0 Å². The zero-order valence-electron chi connectivity index (χ0n) is 21.0. The third-order valence-corrected chi connectivity index (χ3v) is 9.75. The first-order valence-corrected chi connectivity index (χ1v) is 12.8. The Morgan fingerprint density at radius 2 is 1.81 bits per heavy atom. The van der Waals surface area contributed by atoms with E-state index in [1.807, 2.05) is 42.5 Å². The largest absolute Gasteiger partial charge is 0.493 e. The summed E-state index contributed by atoms with van der Waals surface area (Å²) in [5, 5.41) is 0. The Kier molecular flexibility index (Phi) is 3.87. The van der Waals surface area contributed by atoms with E-state index in [2.05, 4.69) is 24.1 Å². The van der Waals surface area contributed by atoms with E-state index in [-0.39, 0.29) is 18.3 Å². The van der Waals surface area contributed by atoms with E-state index in [0.717, 1.165) is 30.5 Å². The van der Waals surface area contributed by atoms with E-state index >= 15 is 0 Å². The van der Waals surface area contributed by atoms with E-state index in [4.69, 9.17) is 14.2 Å². The molecule has 0 amide bonds. The van der Waals surface area contributed by atoms with Crippen LogP contribution < -0.4 is 20.9 Å². The van der Waals surface area contributed by atoms with Crippen LogP contribution in [0.2, 0.25) is 0 Å². The number of rotatable bonds is 4. The SMILES string of the molecule is COc1ccc2c3c1OC1C4(OC)C=CC5(C(C2)N(C)CCC315)n1c(=O)n(Cc2ccccc2)c(=O)n14. The molecule has 0 N–H and O–H groups in total. The maximum absolute atomic E-state index is 14.4. The van der Waals surface area contributed by atoms with Gasteiger partial charge < -0.3 is 19.1 Å². The second-order valence-corrected chi connectivity index (χ2v) is 10.9. The van der Waals surface area contributed by atoms with Crippen molar-refractivity contribution in [3.63, 3.8) is 0 Å². The molecule has 2 aromatic carbocycles. The highest BCUT2D eigenvalue weighted by Crippen LogP contribution is 2.70. The van der Waals surface area contributed by atoms with Gasteiger partial charge >= 0.3 is 11.4 Å². The van der Waals surface area contributed by atoms with Gasteiger partial charge in [0.1, 0.15) is 5.54 Å². The summed E-state index contributed by atoms with van der Waals surface area (Å²) >= 11 is 0. The first kappa shape index (κ1) is 21.5. The minimum absolute atomic E-state index is 0.0403. The number of benzene rings is 2. The molecule has 6 aliphatic rings. The van der Waals surface area contributed by atoms with E-state index in [9.17, 15) is 9.59 Å². The second-order valence-electron chi connectivity index (χ2n) is 10.9. The van der Waals surface area contributed by atoms with Crippen molar-refractivity contribution in [1.82, 2.24) is 18.8 Å². The van der Waals surface area contributed by atoms with Gasteiger partial charge in [0, 0.05) is 18.7 Å². The predicted molar refractivity (Wildman–Crippen MR) is 134 cm³/mol. The van der Waals surface area contributed by atoms with E-state index < -0.39 is 28.5 Å². The van der Waals surface area contributed by atoms with Crippen LogP contribution in [0.25, 0.3) is 0 Å². The maximum Gasteiger partial charge on any atom is 0.350 e. The summed E-state index contributed by atoms with van der Waals surface area (Å²) in [6.45, 7) is 1.04. The highest BCUT2D eigenvalue weighted by molar-refractivity contribution is 5.65. The summed E-state index contributed by atoms with van der Waals surface area (Å²) in [7, 11) is 5.35. The Labute approximate surface area is 213 Å². The summed E-state index contributed by atoms with van der Waals surface area (Å²) in [6.07, 6.45) is 5.06. The third kappa shape index (κ3) is 2.07. The van der Waals surface area contributed by atoms with Crippen LogP contribution in [-0.2, 0) is 34.4 Å². The number of hydrogen-bond donors (Lipinski definition) is 0. The molecule has 2 spiro atoms. The number of piperidine rings is 1. The van der Waals surface area contributed by atoms with Gasteiger partial charge in [-0.15, -0.1) is 0 Å². The minimum atomic E-state index is -1.28. The molecule has 4 aliphatic heterocycles. The number of hydrogen-bond acceptors (Lipinski definition) is 6. The highest BCUT2D eigenvalue weighted by Gasteiger charge is 2.80. The van der Waals surface area contributed by atoms with Crippen LogP contribution in [-0.4, -0.2) is 58.8 Å². The van der Waals surface area contributed by atoms with Gasteiger partial charge in [0.15, 0.2) is 17.6 Å². The first-order valence-electron chi connectivity index (χ1n) is 12.8. The lowest BCUT2D eigenvalue weighted by Crippen LogP contribution is -2.83. The number of methoxy groups -OCH3 is 2. The topological polar surface area (TPSA) is 79.9 Å². The van der Waals surface area contributed by atoms with E-state index in [1.54, 1.807) is 18.9 Å². The molecular formula is C28H28N4O5. The van der Waals surface area contributed by atoms with Gasteiger partial charge in [-0.05, 0) is 49.7 Å². The lowest BCUT2D eigenvalue weighted by Gasteiger charge is -2.68. The van der Waals surface area contributed by atoms with Crippen LogP contribution in [0.3, 0.4) is 0 Å². The number of likely N-dealkylation sites (tertiary alicyclic amines) is 1. The highest BCUT2D eigenvalue weighted by atomic mass is 16.6. The number of likely N-dealkylation sites (N-methyl/N-ethyl adjacent to an activating group) is 1. The molecule has 9 heteroatoms. The standard InChI is InChI=1S/C28H28N4O5/c1-29-14-13-26-21-18-9-10-19(35-2)22(21)37-23(26)28(36-3)12-11-27(26,20(29)15-18)31-24(33)30(25(34)32(28)31)16-17-7-5-4-6-8-17/h4-12,20,23H,13-16H2,1-3H3. The quantitative estimate of drug-likeness (QED) is 0.504. The van der Waals surface area contributed by atoms with Crippen LogP contribution in [0.15, 0.2) is 64.2 Å². The Bertz CT molecular complexity index is 1640. The van der Waals surface area contributed by atoms with Crippen molar-refractivity contribution in [2.45, 2.75) is 48.2 Å². The van der Waals surface area contributed by atoms with Gasteiger partial charge in [-0.2, -0.15) is 4.68 Å². The molecule has 1 saturated heterocycles. The molecular weight excluding hydrogens is 472 g/mol. The Hall–Kier alpha value is -3.56. The molecule has 0 radical (unpaired) electrons. The van der Waals surface area contributed by atoms with E-state index in [1.165, 1.54) is 14.8 Å². The predicted octanol–water partition coefficient (Wildman–Crippen LogP) is 1.41. The summed E-state index contributed by atoms with van der Waals surface area (Å²) in [4.78, 5) is 30.8. The Morgan fingerprint density at radius 3 is 2.57 bits per heavy atom. The van der Waals surface area contributed by atoms with Gasteiger partial charge in [0.05, 0.1) is 19.1 Å². The van der Waals surface area contributed by atoms with Gasteiger partial charge in [0.25, 0.3) is 0 Å². The Balaban J connectivity index is 1.50. The molecule has 1 fully saturated rings. The van der Waals surface area contributed by atoms with Crippen LogP contribution in [0.4, 0.5) is 0 Å². The summed E-state index contributed by atoms with van der Waals surface area (Å²) in [5.74, 6) is 1.38. The van der Waals surface area contributed by atoms with Gasteiger partial charge in [-0.1, -0.05) is 42.5 Å². The van der Waals surface area contributed by atoms with Crippen LogP contribution in [0.5, 0.6) is 11.5 Å². The fourth-order valence-corrected chi connectivity index (χ4v) is 8.31. The van der Waals surface area contributed by atoms with Crippen molar-refractivity contribution in [2.75, 3.05) is 27.8 Å². The van der Waals surface area contributed by atoms with Crippen molar-refractivity contribution < 1.29 is 14.2 Å². The molecule has 9 nitrogen and oxygen atoms in total. The van der Waals surface area contributed by atoms with Crippen molar-refractivity contribution >= 4 is 0 Å². The molecule has 9 rings (SSSR count). The Morgan fingerprint density at radius 1 is 1.03 bits per heavy atom. The van der Waals surface area contributed by atoms with Crippen molar-refractivity contribution in [3.05, 3.63) is 92.3 Å². The van der Waals surface area contributed by atoms with Gasteiger partial charge in [0.2, 0.25) is 5.72 Å². The zero-order chi connectivity index (χ0) is 25.3. The monoisotopic (exact) mass is 500 g/mol. The lowest BCUT2D eigenvalue weighted by molar-refractivity contribution is -0.229. The van der Waals surface area contributed by atoms with Crippen LogP contribution in [0, 0.1) is 0 Å². The van der Waals surface area contributed by atoms with Crippen molar-refractivity contribution in [1.29, 1.82) is 0 Å². The fraction of sp³-hybridized carbons (Fsp3) is 0.429. The molecule has 2 aliphatic carbocycles. The van der Waals surface area contributed by atoms with Gasteiger partial charge in [-0.3, -0.25) is 0 Å². The third-order valence-electron chi connectivity index (χ3n) is 9.75. The number of ether oxygens (including phenoxy) is 3. The molecule has 0 saturated carbocycles. The lowest BCUT2D eigenvalue weighted by atomic mass is 9.47. The molecule has 5 heterocycles. The summed E-state index contributed by atoms with van der Waals surface area (Å²) < 4.78 is 23.4. The molecule has 4 bridgehead atoms.